The van der Waals surface area contributed by atoms with E-state index in [4.69, 9.17) is 15.1 Å². The second-order valence-corrected chi connectivity index (χ2v) is 9.45. The lowest BCUT2D eigenvalue weighted by Crippen LogP contribution is -2.29. The normalized spacial score (nSPS) is 15.3. The Morgan fingerprint density at radius 2 is 1.65 bits per heavy atom. The first-order chi connectivity index (χ1) is 18.0. The van der Waals surface area contributed by atoms with E-state index in [0.29, 0.717) is 54.8 Å². The lowest BCUT2D eigenvalue weighted by Gasteiger charge is -2.18. The van der Waals surface area contributed by atoms with E-state index < -0.39 is 11.8 Å². The van der Waals surface area contributed by atoms with Crippen LogP contribution in [0.25, 0.3) is 22.3 Å². The molecular formula is C30H28FN3O3. The summed E-state index contributed by atoms with van der Waals surface area (Å²) in [6.07, 6.45) is 2.62. The average molecular weight is 498 g/mol. The number of hydrogen-bond donors (Lipinski definition) is 1. The summed E-state index contributed by atoms with van der Waals surface area (Å²) in [5, 5.41) is 8.96. The van der Waals surface area contributed by atoms with E-state index in [0.717, 1.165) is 12.0 Å². The number of aliphatic carboxylic acids is 1. The molecule has 0 saturated carbocycles. The van der Waals surface area contributed by atoms with Gasteiger partial charge in [-0.25, -0.2) is 14.4 Å². The third-order valence-corrected chi connectivity index (χ3v) is 6.90. The van der Waals surface area contributed by atoms with Crippen molar-refractivity contribution in [2.75, 3.05) is 13.1 Å². The summed E-state index contributed by atoms with van der Waals surface area (Å²) in [7, 11) is 0. The van der Waals surface area contributed by atoms with Crippen LogP contribution in [0.1, 0.15) is 53.2 Å². The van der Waals surface area contributed by atoms with Crippen molar-refractivity contribution in [1.29, 1.82) is 0 Å². The zero-order chi connectivity index (χ0) is 25.8. The van der Waals surface area contributed by atoms with Crippen molar-refractivity contribution in [2.45, 2.75) is 38.0 Å². The molecule has 37 heavy (non-hydrogen) atoms. The number of halogens is 1. The van der Waals surface area contributed by atoms with Crippen LogP contribution < -0.4 is 0 Å². The predicted molar refractivity (Wildman–Crippen MR) is 140 cm³/mol. The van der Waals surface area contributed by atoms with Crippen molar-refractivity contribution in [1.82, 2.24) is 14.9 Å². The molecular weight excluding hydrogens is 469 g/mol. The molecule has 0 bridgehead atoms. The molecule has 1 atom stereocenters. The fourth-order valence-corrected chi connectivity index (χ4v) is 4.96. The maximum atomic E-state index is 15.2. The molecule has 1 aliphatic rings. The van der Waals surface area contributed by atoms with Crippen molar-refractivity contribution >= 4 is 22.9 Å². The highest BCUT2D eigenvalue weighted by Gasteiger charge is 2.29. The molecule has 5 rings (SSSR count). The van der Waals surface area contributed by atoms with E-state index >= 15 is 4.39 Å². The topological polar surface area (TPSA) is 83.4 Å². The third kappa shape index (κ3) is 5.50. The van der Waals surface area contributed by atoms with Crippen molar-refractivity contribution < 1.29 is 19.1 Å². The molecule has 7 heteroatoms. The Labute approximate surface area is 214 Å². The summed E-state index contributed by atoms with van der Waals surface area (Å²) >= 11 is 0. The molecule has 3 aromatic carbocycles. The number of carboxylic acid groups (broad SMARTS) is 1. The Balaban J connectivity index is 1.44. The molecule has 0 spiro atoms. The van der Waals surface area contributed by atoms with Gasteiger partial charge in [0.15, 0.2) is 0 Å². The van der Waals surface area contributed by atoms with Crippen LogP contribution in [-0.4, -0.2) is 44.9 Å². The number of benzene rings is 3. The maximum Gasteiger partial charge on any atom is 0.303 e. The van der Waals surface area contributed by atoms with Gasteiger partial charge in [-0.2, -0.15) is 0 Å². The summed E-state index contributed by atoms with van der Waals surface area (Å²) in [6.45, 7) is 1.12. The van der Waals surface area contributed by atoms with Gasteiger partial charge in [0, 0.05) is 37.1 Å². The fraction of sp³-hybridized carbons (Fsp3) is 0.267. The predicted octanol–water partition coefficient (Wildman–Crippen LogP) is 5.86. The minimum absolute atomic E-state index is 0.000185. The molecule has 6 nitrogen and oxygen atoms in total. The molecule has 1 aliphatic heterocycles. The molecule has 1 fully saturated rings. The van der Waals surface area contributed by atoms with Crippen LogP contribution in [0.3, 0.4) is 0 Å². The molecule has 4 aromatic rings. The SMILES string of the molecule is O=C(O)CCCCc1nc2cc(C(=O)N3CC[C@@H](c4ccccc4)C3)c(F)cc2nc1-c1ccccc1. The van der Waals surface area contributed by atoms with Gasteiger partial charge in [0.1, 0.15) is 5.82 Å². The van der Waals surface area contributed by atoms with E-state index in [1.807, 2.05) is 48.5 Å². The number of fused-ring (bicyclic) bond motifs is 1. The van der Waals surface area contributed by atoms with Gasteiger partial charge in [-0.15, -0.1) is 0 Å². The molecule has 2 heterocycles. The van der Waals surface area contributed by atoms with Crippen LogP contribution in [0.4, 0.5) is 4.39 Å². The van der Waals surface area contributed by atoms with Crippen LogP contribution in [-0.2, 0) is 11.2 Å². The highest BCUT2D eigenvalue weighted by molar-refractivity contribution is 5.98. The first-order valence-electron chi connectivity index (χ1n) is 12.6. The Hall–Kier alpha value is -4.13. The summed E-state index contributed by atoms with van der Waals surface area (Å²) in [5.74, 6) is -1.54. The molecule has 0 radical (unpaired) electrons. The molecule has 0 unspecified atom stereocenters. The minimum Gasteiger partial charge on any atom is -0.481 e. The third-order valence-electron chi connectivity index (χ3n) is 6.90. The molecule has 1 aromatic heterocycles. The van der Waals surface area contributed by atoms with E-state index in [1.54, 1.807) is 4.90 Å². The van der Waals surface area contributed by atoms with Gasteiger partial charge >= 0.3 is 5.97 Å². The lowest BCUT2D eigenvalue weighted by atomic mass is 9.99. The molecule has 1 N–H and O–H groups in total. The maximum absolute atomic E-state index is 15.2. The number of hydrogen-bond acceptors (Lipinski definition) is 4. The first-order valence-corrected chi connectivity index (χ1v) is 12.6. The van der Waals surface area contributed by atoms with Crippen molar-refractivity contribution in [3.05, 3.63) is 95.4 Å². The largest absolute Gasteiger partial charge is 0.481 e. The van der Waals surface area contributed by atoms with E-state index in [9.17, 15) is 9.59 Å². The number of nitrogens with zero attached hydrogens (tertiary/aromatic N) is 3. The molecule has 1 saturated heterocycles. The monoisotopic (exact) mass is 497 g/mol. The number of aromatic nitrogens is 2. The van der Waals surface area contributed by atoms with Crippen LogP contribution in [0.5, 0.6) is 0 Å². The second kappa shape index (κ2) is 10.9. The van der Waals surface area contributed by atoms with Crippen LogP contribution in [0.2, 0.25) is 0 Å². The Morgan fingerprint density at radius 1 is 0.946 bits per heavy atom. The smallest absolute Gasteiger partial charge is 0.303 e. The van der Waals surface area contributed by atoms with Gasteiger partial charge in [0.25, 0.3) is 5.91 Å². The highest BCUT2D eigenvalue weighted by Crippen LogP contribution is 2.30. The van der Waals surface area contributed by atoms with Crippen LogP contribution >= 0.6 is 0 Å². The number of rotatable bonds is 8. The van der Waals surface area contributed by atoms with Gasteiger partial charge in [0.05, 0.1) is 28.0 Å². The van der Waals surface area contributed by atoms with Gasteiger partial charge in [-0.3, -0.25) is 9.59 Å². The van der Waals surface area contributed by atoms with E-state index in [-0.39, 0.29) is 23.8 Å². The zero-order valence-electron chi connectivity index (χ0n) is 20.4. The quantitative estimate of drug-likeness (QED) is 0.308. The highest BCUT2D eigenvalue weighted by atomic mass is 19.1. The molecule has 0 aliphatic carbocycles. The number of aryl methyl sites for hydroxylation is 1. The number of carbonyl (C=O) groups is 2. The van der Waals surface area contributed by atoms with Gasteiger partial charge in [0.2, 0.25) is 0 Å². The minimum atomic E-state index is -0.831. The second-order valence-electron chi connectivity index (χ2n) is 9.45. The Morgan fingerprint density at radius 3 is 2.38 bits per heavy atom. The van der Waals surface area contributed by atoms with Gasteiger partial charge in [-0.05, 0) is 37.3 Å². The Kier molecular flexibility index (Phi) is 7.21. The molecule has 188 valence electrons. The summed E-state index contributed by atoms with van der Waals surface area (Å²) in [5.41, 5.74) is 4.23. The lowest BCUT2D eigenvalue weighted by molar-refractivity contribution is -0.137. The number of unbranched alkanes of at least 4 members (excludes halogenated alkanes) is 1. The van der Waals surface area contributed by atoms with Crippen molar-refractivity contribution in [3.8, 4) is 11.3 Å². The Bertz CT molecular complexity index is 1430. The number of likely N-dealkylation sites (tertiary alicyclic amines) is 1. The van der Waals surface area contributed by atoms with E-state index in [1.165, 1.54) is 17.7 Å². The van der Waals surface area contributed by atoms with E-state index in [2.05, 4.69) is 12.1 Å². The summed E-state index contributed by atoms with van der Waals surface area (Å²) in [4.78, 5) is 35.5. The fourth-order valence-electron chi connectivity index (χ4n) is 4.96. The van der Waals surface area contributed by atoms with Gasteiger partial charge in [-0.1, -0.05) is 60.7 Å². The first kappa shape index (κ1) is 24.6. The number of carboxylic acids is 1. The average Bonchev–Trinajstić information content (AvgIpc) is 3.41. The van der Waals surface area contributed by atoms with Crippen molar-refractivity contribution in [3.63, 3.8) is 0 Å². The van der Waals surface area contributed by atoms with Gasteiger partial charge < -0.3 is 10.0 Å². The summed E-state index contributed by atoms with van der Waals surface area (Å²) < 4.78 is 15.2. The standard InChI is InChI=1S/C30H28FN3O3/c31-24-18-27-26(17-23(24)30(37)34-16-15-22(19-34)20-9-3-1-4-10-20)32-25(13-7-8-14-28(35)36)29(33-27)21-11-5-2-6-12-21/h1-6,9-12,17-18,22H,7-8,13-16,19H2,(H,35,36)/t22-/m1/s1. The van der Waals surface area contributed by atoms with Crippen molar-refractivity contribution in [2.24, 2.45) is 0 Å². The van der Waals surface area contributed by atoms with Crippen LogP contribution in [0.15, 0.2) is 72.8 Å². The number of amides is 1. The summed E-state index contributed by atoms with van der Waals surface area (Å²) in [6, 6.07) is 22.4. The number of carbonyl (C=O) groups excluding carboxylic acids is 1. The molecule has 1 amide bonds. The van der Waals surface area contributed by atoms with Crippen LogP contribution in [0, 0.1) is 5.82 Å². The zero-order valence-corrected chi connectivity index (χ0v) is 20.4.